The molecule has 0 spiro atoms. The monoisotopic (exact) mass is 276 g/mol. The lowest BCUT2D eigenvalue weighted by Gasteiger charge is -2.16. The molecule has 0 bridgehead atoms. The molecular formula is C10H13ClN2O5. The fourth-order valence-corrected chi connectivity index (χ4v) is 1.54. The van der Waals surface area contributed by atoms with Crippen LogP contribution in [0, 0.1) is 0 Å². The Balaban J connectivity index is 2.43. The van der Waals surface area contributed by atoms with Gasteiger partial charge in [-0.1, -0.05) is 29.4 Å². The molecule has 0 fully saturated rings. The number of hydrogen-bond acceptors (Lipinski definition) is 5. The van der Waals surface area contributed by atoms with Gasteiger partial charge in [0.05, 0.1) is 0 Å². The van der Waals surface area contributed by atoms with E-state index < -0.39 is 24.2 Å². The largest absolute Gasteiger partial charge is 0.480 e. The number of halogens is 1. The van der Waals surface area contributed by atoms with Gasteiger partial charge in [-0.3, -0.25) is 0 Å². The van der Waals surface area contributed by atoms with E-state index in [1.807, 2.05) is 0 Å². The second-order valence-corrected chi connectivity index (χ2v) is 3.99. The highest BCUT2D eigenvalue weighted by Crippen LogP contribution is 2.17. The Morgan fingerprint density at radius 2 is 2.50 bits per heavy atom. The second-order valence-electron chi connectivity index (χ2n) is 3.56. The fourth-order valence-electron chi connectivity index (χ4n) is 1.32. The van der Waals surface area contributed by atoms with Crippen molar-refractivity contribution in [3.63, 3.8) is 0 Å². The third kappa shape index (κ3) is 4.62. The Bertz CT molecular complexity index is 371. The molecular weight excluding hydrogens is 264 g/mol. The number of ether oxygens (including phenoxy) is 1. The van der Waals surface area contributed by atoms with Gasteiger partial charge in [0, 0.05) is 12.8 Å². The molecule has 2 N–H and O–H groups in total. The lowest BCUT2D eigenvalue weighted by Crippen LogP contribution is -2.43. The first-order chi connectivity index (χ1) is 8.52. The van der Waals surface area contributed by atoms with E-state index in [0.29, 0.717) is 6.42 Å². The van der Waals surface area contributed by atoms with Crippen LogP contribution in [0.4, 0.5) is 4.79 Å². The van der Waals surface area contributed by atoms with Crippen molar-refractivity contribution in [1.29, 1.82) is 0 Å². The summed E-state index contributed by atoms with van der Waals surface area (Å²) in [6.45, 7) is 3.37. The SMILES string of the molecule is C=CCOC(=O)N[C@H](CC1CC(Cl)=NO1)C(=O)O. The van der Waals surface area contributed by atoms with Gasteiger partial charge in [0.2, 0.25) is 0 Å². The van der Waals surface area contributed by atoms with Crippen molar-refractivity contribution in [2.24, 2.45) is 5.16 Å². The lowest BCUT2D eigenvalue weighted by molar-refractivity contribution is -0.140. The molecule has 0 saturated carbocycles. The van der Waals surface area contributed by atoms with Gasteiger partial charge >= 0.3 is 12.1 Å². The maximum Gasteiger partial charge on any atom is 0.408 e. The van der Waals surface area contributed by atoms with Crippen LogP contribution in [0.15, 0.2) is 17.8 Å². The van der Waals surface area contributed by atoms with Crippen molar-refractivity contribution >= 4 is 28.8 Å². The van der Waals surface area contributed by atoms with Crippen LogP contribution >= 0.6 is 11.6 Å². The molecule has 18 heavy (non-hydrogen) atoms. The number of oxime groups is 1. The predicted molar refractivity (Wildman–Crippen MR) is 63.5 cm³/mol. The van der Waals surface area contributed by atoms with Crippen LogP contribution < -0.4 is 5.32 Å². The highest BCUT2D eigenvalue weighted by Gasteiger charge is 2.29. The number of carbonyl (C=O) groups is 2. The van der Waals surface area contributed by atoms with Gasteiger partial charge in [0.25, 0.3) is 0 Å². The van der Waals surface area contributed by atoms with E-state index in [2.05, 4.69) is 21.8 Å². The Labute approximate surface area is 108 Å². The molecule has 2 atom stereocenters. The molecule has 0 radical (unpaired) electrons. The zero-order chi connectivity index (χ0) is 13.5. The van der Waals surface area contributed by atoms with E-state index in [0.717, 1.165) is 0 Å². The Morgan fingerprint density at radius 1 is 1.78 bits per heavy atom. The van der Waals surface area contributed by atoms with Gasteiger partial charge in [0.15, 0.2) is 0 Å². The van der Waals surface area contributed by atoms with E-state index in [1.165, 1.54) is 6.08 Å². The van der Waals surface area contributed by atoms with Crippen LogP contribution in [-0.4, -0.2) is 41.1 Å². The van der Waals surface area contributed by atoms with Crippen molar-refractivity contribution in [2.45, 2.75) is 25.0 Å². The standard InChI is InChI=1S/C10H13ClN2O5/c1-2-3-17-10(16)12-7(9(14)15)4-6-5-8(11)13-18-6/h2,6-7H,1,3-5H2,(H,12,16)(H,14,15)/t6?,7-/m1/s1. The average Bonchev–Trinajstić information content (AvgIpc) is 2.71. The third-order valence-electron chi connectivity index (χ3n) is 2.12. The van der Waals surface area contributed by atoms with Crippen LogP contribution in [0.3, 0.4) is 0 Å². The highest BCUT2D eigenvalue weighted by molar-refractivity contribution is 6.65. The van der Waals surface area contributed by atoms with Crippen molar-refractivity contribution < 1.29 is 24.3 Å². The Morgan fingerprint density at radius 3 is 3.00 bits per heavy atom. The van der Waals surface area contributed by atoms with Crippen LogP contribution in [0.2, 0.25) is 0 Å². The summed E-state index contributed by atoms with van der Waals surface area (Å²) in [6.07, 6.45) is 0.473. The number of nitrogens with one attached hydrogen (secondary N) is 1. The fraction of sp³-hybridized carbons (Fsp3) is 0.500. The zero-order valence-electron chi connectivity index (χ0n) is 9.47. The molecule has 1 aliphatic heterocycles. The lowest BCUT2D eigenvalue weighted by atomic mass is 10.1. The van der Waals surface area contributed by atoms with Crippen LogP contribution in [0.5, 0.6) is 0 Å². The second kappa shape index (κ2) is 6.85. The third-order valence-corrected chi connectivity index (χ3v) is 2.34. The normalized spacial score (nSPS) is 19.4. The van der Waals surface area contributed by atoms with Crippen molar-refractivity contribution in [1.82, 2.24) is 5.32 Å². The molecule has 100 valence electrons. The van der Waals surface area contributed by atoms with Crippen LogP contribution in [0.1, 0.15) is 12.8 Å². The highest BCUT2D eigenvalue weighted by atomic mass is 35.5. The van der Waals surface area contributed by atoms with E-state index in [4.69, 9.17) is 21.5 Å². The van der Waals surface area contributed by atoms with Gasteiger partial charge in [-0.2, -0.15) is 0 Å². The van der Waals surface area contributed by atoms with E-state index >= 15 is 0 Å². The first-order valence-corrected chi connectivity index (χ1v) is 5.56. The molecule has 1 unspecified atom stereocenters. The molecule has 1 aliphatic rings. The number of hydrogen-bond donors (Lipinski definition) is 2. The molecule has 0 aromatic carbocycles. The summed E-state index contributed by atoms with van der Waals surface area (Å²) in [6, 6.07) is -1.12. The number of rotatable bonds is 6. The molecule has 7 nitrogen and oxygen atoms in total. The van der Waals surface area contributed by atoms with Crippen LogP contribution in [-0.2, 0) is 14.4 Å². The summed E-state index contributed by atoms with van der Waals surface area (Å²) in [4.78, 5) is 27.1. The van der Waals surface area contributed by atoms with Crippen molar-refractivity contribution in [2.75, 3.05) is 6.61 Å². The Kier molecular flexibility index (Phi) is 5.44. The molecule has 0 saturated heterocycles. The summed E-state index contributed by atoms with van der Waals surface area (Å²) in [5, 5.41) is 14.9. The molecule has 0 aromatic rings. The number of nitrogens with zero attached hydrogens (tertiary/aromatic N) is 1. The molecule has 0 aromatic heterocycles. The predicted octanol–water partition coefficient (Wildman–Crippen LogP) is 1.08. The zero-order valence-corrected chi connectivity index (χ0v) is 10.2. The number of alkyl carbamates (subject to hydrolysis) is 1. The van der Waals surface area contributed by atoms with Crippen LogP contribution in [0.25, 0.3) is 0 Å². The van der Waals surface area contributed by atoms with E-state index in [-0.39, 0.29) is 18.2 Å². The minimum absolute atomic E-state index is 0.00698. The van der Waals surface area contributed by atoms with Gasteiger partial charge in [0.1, 0.15) is 23.9 Å². The topological polar surface area (TPSA) is 97.2 Å². The minimum atomic E-state index is -1.18. The number of aliphatic carboxylic acids is 1. The average molecular weight is 277 g/mol. The van der Waals surface area contributed by atoms with Gasteiger partial charge in [-0.15, -0.1) is 0 Å². The number of carboxylic acid groups (broad SMARTS) is 1. The van der Waals surface area contributed by atoms with E-state index in [9.17, 15) is 9.59 Å². The summed E-state index contributed by atoms with van der Waals surface area (Å²) in [5.74, 6) is -1.18. The maximum atomic E-state index is 11.2. The summed E-state index contributed by atoms with van der Waals surface area (Å²) >= 11 is 5.60. The smallest absolute Gasteiger partial charge is 0.408 e. The molecule has 1 amide bonds. The van der Waals surface area contributed by atoms with Gasteiger partial charge in [-0.05, 0) is 0 Å². The summed E-state index contributed by atoms with van der Waals surface area (Å²) in [5.41, 5.74) is 0. The first kappa shape index (κ1) is 14.3. The van der Waals surface area contributed by atoms with Crippen molar-refractivity contribution in [3.05, 3.63) is 12.7 Å². The molecule has 1 rings (SSSR count). The van der Waals surface area contributed by atoms with Crippen molar-refractivity contribution in [3.8, 4) is 0 Å². The van der Waals surface area contributed by atoms with Gasteiger partial charge < -0.3 is 20.0 Å². The quantitative estimate of drug-likeness (QED) is 0.708. The Hall–Kier alpha value is -1.76. The molecule has 0 aliphatic carbocycles. The first-order valence-electron chi connectivity index (χ1n) is 5.18. The summed E-state index contributed by atoms with van der Waals surface area (Å²) in [7, 11) is 0. The molecule has 1 heterocycles. The number of carboxylic acids is 1. The number of carbonyl (C=O) groups excluding carboxylic acids is 1. The minimum Gasteiger partial charge on any atom is -0.480 e. The molecule has 8 heteroatoms. The summed E-state index contributed by atoms with van der Waals surface area (Å²) < 4.78 is 4.63. The van der Waals surface area contributed by atoms with E-state index in [1.54, 1.807) is 0 Å². The maximum absolute atomic E-state index is 11.2. The number of amides is 1. The van der Waals surface area contributed by atoms with Gasteiger partial charge in [-0.25, -0.2) is 9.59 Å².